The average molecular weight is 227 g/mol. The third kappa shape index (κ3) is 5.53. The Bertz CT molecular complexity index is 189. The molecule has 0 aromatic heterocycles. The van der Waals surface area contributed by atoms with Gasteiger partial charge in [0.15, 0.2) is 0 Å². The van der Waals surface area contributed by atoms with Crippen molar-refractivity contribution in [2.45, 2.75) is 59.3 Å². The molecule has 0 aromatic carbocycles. The molecule has 16 heavy (non-hydrogen) atoms. The van der Waals surface area contributed by atoms with E-state index in [-0.39, 0.29) is 5.92 Å². The zero-order valence-electron chi connectivity index (χ0n) is 11.8. The summed E-state index contributed by atoms with van der Waals surface area (Å²) in [4.78, 5) is 13.7. The number of rotatable bonds is 8. The molecule has 0 aliphatic heterocycles. The van der Waals surface area contributed by atoms with Crippen molar-refractivity contribution in [3.63, 3.8) is 0 Å². The first kappa shape index (κ1) is 15.5. The largest absolute Gasteiger partial charge is 0.349 e. The van der Waals surface area contributed by atoms with Gasteiger partial charge in [0.1, 0.15) is 0 Å². The van der Waals surface area contributed by atoms with Crippen LogP contribution in [0.4, 0.5) is 0 Å². The van der Waals surface area contributed by atoms with Crippen molar-refractivity contribution in [3.05, 3.63) is 0 Å². The molecule has 96 valence electrons. The number of carbonyl (C=O) groups excluding carboxylic acids is 1. The van der Waals surface area contributed by atoms with Crippen LogP contribution < -0.4 is 0 Å². The van der Waals surface area contributed by atoms with E-state index in [1.165, 1.54) is 25.7 Å². The molecule has 2 unspecified atom stereocenters. The normalized spacial score (nSPS) is 14.6. The Kier molecular flexibility index (Phi) is 8.32. The third-order valence-electron chi connectivity index (χ3n) is 3.44. The molecule has 0 aromatic rings. The van der Waals surface area contributed by atoms with E-state index in [1.54, 1.807) is 4.90 Å². The van der Waals surface area contributed by atoms with Crippen LogP contribution in [0.5, 0.6) is 0 Å². The maximum absolute atomic E-state index is 11.9. The van der Waals surface area contributed by atoms with Gasteiger partial charge in [-0.1, -0.05) is 46.5 Å². The van der Waals surface area contributed by atoms with E-state index >= 15 is 0 Å². The Morgan fingerprint density at radius 2 is 1.75 bits per heavy atom. The van der Waals surface area contributed by atoms with E-state index in [9.17, 15) is 4.79 Å². The molecule has 0 spiro atoms. The second kappa shape index (κ2) is 8.60. The average Bonchev–Trinajstić information content (AvgIpc) is 2.28. The van der Waals surface area contributed by atoms with Crippen molar-refractivity contribution in [1.29, 1.82) is 0 Å². The molecule has 0 aliphatic rings. The van der Waals surface area contributed by atoms with E-state index in [0.717, 1.165) is 18.8 Å². The number of hydrogen-bond acceptors (Lipinski definition) is 1. The van der Waals surface area contributed by atoms with Gasteiger partial charge in [0.05, 0.1) is 0 Å². The number of carbonyl (C=O) groups is 1. The molecule has 2 nitrogen and oxygen atoms in total. The van der Waals surface area contributed by atoms with Crippen LogP contribution in [0, 0.1) is 11.8 Å². The molecule has 0 saturated heterocycles. The zero-order chi connectivity index (χ0) is 12.6. The molecule has 0 radical (unpaired) electrons. The van der Waals surface area contributed by atoms with E-state index in [4.69, 9.17) is 0 Å². The highest BCUT2D eigenvalue weighted by Gasteiger charge is 2.21. The topological polar surface area (TPSA) is 20.3 Å². The highest BCUT2D eigenvalue weighted by Crippen LogP contribution is 2.24. The summed E-state index contributed by atoms with van der Waals surface area (Å²) < 4.78 is 0. The molecule has 0 fully saturated rings. The van der Waals surface area contributed by atoms with Crippen molar-refractivity contribution < 1.29 is 4.79 Å². The number of unbranched alkanes of at least 4 members (excludes halogenated alkanes) is 1. The maximum Gasteiger partial charge on any atom is 0.225 e. The van der Waals surface area contributed by atoms with Crippen LogP contribution in [0.3, 0.4) is 0 Å². The van der Waals surface area contributed by atoms with Gasteiger partial charge in [-0.15, -0.1) is 0 Å². The minimum Gasteiger partial charge on any atom is -0.349 e. The van der Waals surface area contributed by atoms with Crippen LogP contribution in [-0.2, 0) is 4.79 Å². The SMILES string of the molecule is CCCCC(CC)CC(CC)C(=O)N(C)C. The van der Waals surface area contributed by atoms with Crippen LogP contribution in [0.25, 0.3) is 0 Å². The number of amides is 1. The highest BCUT2D eigenvalue weighted by atomic mass is 16.2. The summed E-state index contributed by atoms with van der Waals surface area (Å²) in [7, 11) is 3.72. The number of nitrogens with zero attached hydrogens (tertiary/aromatic N) is 1. The van der Waals surface area contributed by atoms with Gasteiger partial charge in [0.2, 0.25) is 5.91 Å². The van der Waals surface area contributed by atoms with Crippen LogP contribution in [0.1, 0.15) is 59.3 Å². The molecule has 0 heterocycles. The molecular formula is C14H29NO. The predicted molar refractivity (Wildman–Crippen MR) is 70.4 cm³/mol. The van der Waals surface area contributed by atoms with Gasteiger partial charge in [-0.25, -0.2) is 0 Å². The summed E-state index contributed by atoms with van der Waals surface area (Å²) in [6.45, 7) is 6.60. The fourth-order valence-corrected chi connectivity index (χ4v) is 2.19. The van der Waals surface area contributed by atoms with E-state index in [0.29, 0.717) is 5.91 Å². The van der Waals surface area contributed by atoms with Crippen molar-refractivity contribution in [2.24, 2.45) is 11.8 Å². The highest BCUT2D eigenvalue weighted by molar-refractivity contribution is 5.78. The molecule has 2 heteroatoms. The minimum absolute atomic E-state index is 0.233. The van der Waals surface area contributed by atoms with Crippen LogP contribution >= 0.6 is 0 Å². The minimum atomic E-state index is 0.233. The van der Waals surface area contributed by atoms with Gasteiger partial charge in [-0.05, 0) is 18.8 Å². The van der Waals surface area contributed by atoms with E-state index in [1.807, 2.05) is 14.1 Å². The van der Waals surface area contributed by atoms with Gasteiger partial charge in [-0.3, -0.25) is 4.79 Å². The second-order valence-corrected chi connectivity index (χ2v) is 4.99. The summed E-state index contributed by atoms with van der Waals surface area (Å²) in [5.41, 5.74) is 0. The van der Waals surface area contributed by atoms with Crippen molar-refractivity contribution in [1.82, 2.24) is 4.90 Å². The van der Waals surface area contributed by atoms with Crippen LogP contribution in [0.15, 0.2) is 0 Å². The molecule has 0 N–H and O–H groups in total. The Labute approximate surface area is 101 Å². The molecule has 0 rings (SSSR count). The van der Waals surface area contributed by atoms with Gasteiger partial charge in [-0.2, -0.15) is 0 Å². The zero-order valence-corrected chi connectivity index (χ0v) is 11.8. The quantitative estimate of drug-likeness (QED) is 0.619. The van der Waals surface area contributed by atoms with Crippen molar-refractivity contribution >= 4 is 5.91 Å². The van der Waals surface area contributed by atoms with Gasteiger partial charge in [0, 0.05) is 20.0 Å². The predicted octanol–water partition coefficient (Wildman–Crippen LogP) is 3.71. The molecule has 0 aliphatic carbocycles. The number of hydrogen-bond donors (Lipinski definition) is 0. The summed E-state index contributed by atoms with van der Waals surface area (Å²) in [6.07, 6.45) is 7.09. The molecule has 2 atom stereocenters. The first-order chi connectivity index (χ1) is 7.56. The third-order valence-corrected chi connectivity index (χ3v) is 3.44. The smallest absolute Gasteiger partial charge is 0.225 e. The fraction of sp³-hybridized carbons (Fsp3) is 0.929. The van der Waals surface area contributed by atoms with E-state index < -0.39 is 0 Å². The standard InChI is InChI=1S/C14H29NO/c1-6-9-10-12(7-2)11-13(8-3)14(16)15(4)5/h12-13H,6-11H2,1-5H3. The monoisotopic (exact) mass is 227 g/mol. The lowest BCUT2D eigenvalue weighted by molar-refractivity contribution is -0.133. The lowest BCUT2D eigenvalue weighted by Crippen LogP contribution is -2.30. The summed E-state index contributed by atoms with van der Waals surface area (Å²) in [5, 5.41) is 0. The summed E-state index contributed by atoms with van der Waals surface area (Å²) in [6, 6.07) is 0. The van der Waals surface area contributed by atoms with Crippen LogP contribution in [-0.4, -0.2) is 24.9 Å². The first-order valence-electron chi connectivity index (χ1n) is 6.77. The fourth-order valence-electron chi connectivity index (χ4n) is 2.19. The molecule has 0 saturated carbocycles. The second-order valence-electron chi connectivity index (χ2n) is 4.99. The Morgan fingerprint density at radius 1 is 1.12 bits per heavy atom. The Balaban J connectivity index is 4.21. The summed E-state index contributed by atoms with van der Waals surface area (Å²) >= 11 is 0. The Hall–Kier alpha value is -0.530. The molecular weight excluding hydrogens is 198 g/mol. The van der Waals surface area contributed by atoms with Crippen molar-refractivity contribution in [2.75, 3.05) is 14.1 Å². The van der Waals surface area contributed by atoms with Gasteiger partial charge < -0.3 is 4.90 Å². The first-order valence-corrected chi connectivity index (χ1v) is 6.77. The summed E-state index contributed by atoms with van der Waals surface area (Å²) in [5.74, 6) is 1.27. The van der Waals surface area contributed by atoms with Crippen molar-refractivity contribution in [3.8, 4) is 0 Å². The lowest BCUT2D eigenvalue weighted by atomic mass is 9.87. The Morgan fingerprint density at radius 3 is 2.12 bits per heavy atom. The van der Waals surface area contributed by atoms with Gasteiger partial charge >= 0.3 is 0 Å². The van der Waals surface area contributed by atoms with Crippen LogP contribution in [0.2, 0.25) is 0 Å². The molecule has 1 amide bonds. The van der Waals surface area contributed by atoms with Gasteiger partial charge in [0.25, 0.3) is 0 Å². The maximum atomic E-state index is 11.9. The van der Waals surface area contributed by atoms with E-state index in [2.05, 4.69) is 20.8 Å². The lowest BCUT2D eigenvalue weighted by Gasteiger charge is -2.23. The molecule has 0 bridgehead atoms.